The fraction of sp³-hybridized carbons (Fsp3) is 0.375. The van der Waals surface area contributed by atoms with E-state index in [-0.39, 0.29) is 34.3 Å². The number of hydrogen-bond acceptors (Lipinski definition) is 7. The van der Waals surface area contributed by atoms with Gasteiger partial charge in [-0.3, -0.25) is 14.6 Å². The third kappa shape index (κ3) is 4.37. The van der Waals surface area contributed by atoms with E-state index in [2.05, 4.69) is 35.2 Å². The third-order valence-electron chi connectivity index (χ3n) is 8.91. The van der Waals surface area contributed by atoms with E-state index in [0.29, 0.717) is 27.9 Å². The van der Waals surface area contributed by atoms with Crippen molar-refractivity contribution in [2.45, 2.75) is 50.8 Å². The topological polar surface area (TPSA) is 91.9 Å². The summed E-state index contributed by atoms with van der Waals surface area (Å²) in [6.45, 7) is 4.84. The first kappa shape index (κ1) is 27.0. The smallest absolute Gasteiger partial charge is 0.225 e. The predicted octanol–water partition coefficient (Wildman–Crippen LogP) is 6.25. The van der Waals surface area contributed by atoms with Crippen molar-refractivity contribution in [3.8, 4) is 23.2 Å². The van der Waals surface area contributed by atoms with Gasteiger partial charge in [-0.2, -0.15) is 10.4 Å². The van der Waals surface area contributed by atoms with Crippen molar-refractivity contribution in [3.63, 3.8) is 0 Å². The van der Waals surface area contributed by atoms with Crippen LogP contribution in [0.1, 0.15) is 44.2 Å². The maximum Gasteiger partial charge on any atom is 0.225 e. The van der Waals surface area contributed by atoms with Crippen LogP contribution < -0.4 is 10.1 Å². The van der Waals surface area contributed by atoms with E-state index < -0.39 is 5.82 Å². The van der Waals surface area contributed by atoms with Crippen LogP contribution in [0.3, 0.4) is 0 Å². The number of fused-ring (bicyclic) bond motifs is 4. The Morgan fingerprint density at radius 2 is 2.02 bits per heavy atom. The highest BCUT2D eigenvalue weighted by Crippen LogP contribution is 2.42. The molecule has 3 aromatic heterocycles. The van der Waals surface area contributed by atoms with Crippen LogP contribution in [-0.4, -0.2) is 63.5 Å². The lowest BCUT2D eigenvalue weighted by molar-refractivity contribution is 0.119. The molecule has 5 aromatic rings. The van der Waals surface area contributed by atoms with Crippen molar-refractivity contribution < 1.29 is 9.13 Å². The number of halogens is 2. The van der Waals surface area contributed by atoms with E-state index in [4.69, 9.17) is 26.4 Å². The third-order valence-corrected chi connectivity index (χ3v) is 9.20. The van der Waals surface area contributed by atoms with E-state index in [1.54, 1.807) is 36.7 Å². The van der Waals surface area contributed by atoms with Crippen LogP contribution in [0, 0.1) is 17.1 Å². The fourth-order valence-electron chi connectivity index (χ4n) is 6.78. The molecule has 214 valence electrons. The Kier molecular flexibility index (Phi) is 6.93. The normalized spacial score (nSPS) is 19.1. The summed E-state index contributed by atoms with van der Waals surface area (Å²) in [7, 11) is 2.11. The maximum atomic E-state index is 16.9. The Morgan fingerprint density at radius 1 is 1.19 bits per heavy atom. The molecular weight excluding hydrogens is 553 g/mol. The van der Waals surface area contributed by atoms with Gasteiger partial charge in [0.05, 0.1) is 51.1 Å². The van der Waals surface area contributed by atoms with Gasteiger partial charge in [-0.15, -0.1) is 0 Å². The average molecular weight is 584 g/mol. The highest BCUT2D eigenvalue weighted by Gasteiger charge is 2.31. The molecule has 0 amide bonds. The number of aromatic nitrogens is 4. The summed E-state index contributed by atoms with van der Waals surface area (Å²) in [6.07, 6.45) is 7.20. The molecule has 5 heterocycles. The lowest BCUT2D eigenvalue weighted by Crippen LogP contribution is -2.38. The summed E-state index contributed by atoms with van der Waals surface area (Å²) in [5.41, 5.74) is 1.74. The molecule has 1 unspecified atom stereocenters. The summed E-state index contributed by atoms with van der Waals surface area (Å²) in [4.78, 5) is 11.6. The number of rotatable bonds is 5. The Bertz CT molecular complexity index is 1870. The summed E-state index contributed by atoms with van der Waals surface area (Å²) < 4.78 is 25.4. The minimum absolute atomic E-state index is 0.117. The van der Waals surface area contributed by atoms with Gasteiger partial charge in [-0.05, 0) is 82.9 Å². The maximum absolute atomic E-state index is 16.9. The van der Waals surface area contributed by atoms with Gasteiger partial charge in [0, 0.05) is 23.0 Å². The van der Waals surface area contributed by atoms with Gasteiger partial charge < -0.3 is 10.1 Å². The molecular formula is C32H31ClFN7O. The van der Waals surface area contributed by atoms with Crippen molar-refractivity contribution >= 4 is 44.2 Å². The lowest BCUT2D eigenvalue weighted by Gasteiger charge is -2.27. The van der Waals surface area contributed by atoms with Gasteiger partial charge in [0.2, 0.25) is 5.88 Å². The molecule has 0 aliphatic carbocycles. The number of nitrogens with one attached hydrogen (secondary N) is 1. The van der Waals surface area contributed by atoms with Crippen molar-refractivity contribution in [1.82, 2.24) is 30.0 Å². The SMILES string of the molecule is C[C@H](Oc1nc2c(F)c(-c3nccc4cccc(C#N)c34)c(Cl)cc2c2c1cnn2C1CCNCC1)C1CCCN1C. The molecule has 10 heteroatoms. The van der Waals surface area contributed by atoms with Gasteiger partial charge in [-0.25, -0.2) is 9.37 Å². The minimum atomic E-state index is -0.597. The Hall–Kier alpha value is -3.84. The molecule has 42 heavy (non-hydrogen) atoms. The van der Waals surface area contributed by atoms with Crippen molar-refractivity contribution in [2.24, 2.45) is 0 Å². The monoisotopic (exact) mass is 583 g/mol. The minimum Gasteiger partial charge on any atom is -0.472 e. The number of ether oxygens (including phenoxy) is 1. The zero-order chi connectivity index (χ0) is 29.0. The average Bonchev–Trinajstić information content (AvgIpc) is 3.65. The Morgan fingerprint density at radius 3 is 2.79 bits per heavy atom. The number of nitriles is 1. The molecule has 0 radical (unpaired) electrons. The number of likely N-dealkylation sites (tertiary alicyclic amines) is 1. The standard InChI is InChI=1S/C32H31ClFN7O/c1-18(25-7-4-14-40(25)2)42-32-23-17-38-41(21-9-11-36-12-10-21)31(23)22-15-24(33)27(28(34)29(22)39-32)30-26-19(8-13-37-30)5-3-6-20(26)16-35/h3,5-6,8,13,15,17-18,21,25,36H,4,7,9-12,14H2,1-2H3/t18-,25?/m0/s1. The van der Waals surface area contributed by atoms with Crippen LogP contribution >= 0.6 is 11.6 Å². The molecule has 2 aromatic carbocycles. The number of benzene rings is 2. The largest absolute Gasteiger partial charge is 0.472 e. The summed E-state index contributed by atoms with van der Waals surface area (Å²) in [6, 6.07) is 11.6. The lowest BCUT2D eigenvalue weighted by atomic mass is 9.98. The zero-order valence-corrected chi connectivity index (χ0v) is 24.3. The van der Waals surface area contributed by atoms with E-state index in [1.807, 2.05) is 10.7 Å². The van der Waals surface area contributed by atoms with Crippen molar-refractivity contribution in [1.29, 1.82) is 5.26 Å². The molecule has 2 saturated heterocycles. The number of likely N-dealkylation sites (N-methyl/N-ethyl adjacent to an activating group) is 1. The summed E-state index contributed by atoms with van der Waals surface area (Å²) in [5, 5.41) is 20.9. The second-order valence-corrected chi connectivity index (χ2v) is 11.8. The van der Waals surface area contributed by atoms with Gasteiger partial charge in [-0.1, -0.05) is 23.7 Å². The number of nitrogens with zero attached hydrogens (tertiary/aromatic N) is 6. The molecule has 2 aliphatic heterocycles. The second kappa shape index (κ2) is 10.8. The second-order valence-electron chi connectivity index (χ2n) is 11.4. The summed E-state index contributed by atoms with van der Waals surface area (Å²) in [5.74, 6) is -0.234. The van der Waals surface area contributed by atoms with E-state index in [0.717, 1.165) is 61.6 Å². The van der Waals surface area contributed by atoms with Gasteiger partial charge in [0.25, 0.3) is 0 Å². The molecule has 2 fully saturated rings. The molecule has 8 nitrogen and oxygen atoms in total. The Balaban J connectivity index is 1.48. The van der Waals surface area contributed by atoms with Gasteiger partial charge in [0.15, 0.2) is 5.82 Å². The molecule has 0 saturated carbocycles. The molecule has 0 spiro atoms. The molecule has 1 N–H and O–H groups in total. The number of hydrogen-bond donors (Lipinski definition) is 1. The fourth-order valence-corrected chi connectivity index (χ4v) is 7.06. The Labute approximate surface area is 248 Å². The molecule has 2 aliphatic rings. The van der Waals surface area contributed by atoms with Crippen molar-refractivity contribution in [3.05, 3.63) is 59.1 Å². The predicted molar refractivity (Wildman–Crippen MR) is 162 cm³/mol. The first-order valence-electron chi connectivity index (χ1n) is 14.5. The number of piperidine rings is 1. The van der Waals surface area contributed by atoms with Gasteiger partial charge in [0.1, 0.15) is 11.6 Å². The molecule has 0 bridgehead atoms. The van der Waals surface area contributed by atoms with E-state index >= 15 is 4.39 Å². The molecule has 7 rings (SSSR count). The van der Waals surface area contributed by atoms with Crippen LogP contribution in [0.2, 0.25) is 5.02 Å². The van der Waals surface area contributed by atoms with Crippen LogP contribution in [-0.2, 0) is 0 Å². The highest BCUT2D eigenvalue weighted by atomic mass is 35.5. The zero-order valence-electron chi connectivity index (χ0n) is 23.6. The van der Waals surface area contributed by atoms with E-state index in [9.17, 15) is 5.26 Å². The first-order chi connectivity index (χ1) is 20.5. The van der Waals surface area contributed by atoms with Crippen LogP contribution in [0.15, 0.2) is 42.7 Å². The summed E-state index contributed by atoms with van der Waals surface area (Å²) >= 11 is 6.90. The van der Waals surface area contributed by atoms with Crippen LogP contribution in [0.4, 0.5) is 4.39 Å². The van der Waals surface area contributed by atoms with E-state index in [1.165, 1.54) is 0 Å². The first-order valence-corrected chi connectivity index (χ1v) is 14.9. The van der Waals surface area contributed by atoms with Gasteiger partial charge >= 0.3 is 0 Å². The molecule has 2 atom stereocenters. The van der Waals surface area contributed by atoms with Crippen LogP contribution in [0.25, 0.3) is 43.8 Å². The van der Waals surface area contributed by atoms with Crippen molar-refractivity contribution in [2.75, 3.05) is 26.7 Å². The quantitative estimate of drug-likeness (QED) is 0.261. The van der Waals surface area contributed by atoms with Crippen LogP contribution in [0.5, 0.6) is 5.88 Å². The number of pyridine rings is 2. The highest BCUT2D eigenvalue weighted by molar-refractivity contribution is 6.35.